The van der Waals surface area contributed by atoms with Crippen LogP contribution in [0, 0.1) is 11.8 Å². The SMILES string of the molecule is CCCCc1ccc(C(=O)C[C@@H](CNC(=O)c2ccc(-n3cncn3)cc2)C(=O)N[C@@H](CC(C)C)B(O)O)cc1. The minimum atomic E-state index is -1.75. The van der Waals surface area contributed by atoms with Crippen LogP contribution in [0.3, 0.4) is 0 Å². The van der Waals surface area contributed by atoms with Crippen LogP contribution in [0.4, 0.5) is 0 Å². The van der Waals surface area contributed by atoms with Crippen molar-refractivity contribution in [1.82, 2.24) is 25.4 Å². The van der Waals surface area contributed by atoms with Gasteiger partial charge in [0.15, 0.2) is 5.78 Å². The van der Waals surface area contributed by atoms with Crippen molar-refractivity contribution in [3.8, 4) is 5.69 Å². The Hall–Kier alpha value is -3.83. The van der Waals surface area contributed by atoms with Crippen molar-refractivity contribution in [3.05, 3.63) is 77.9 Å². The van der Waals surface area contributed by atoms with Gasteiger partial charge in [0.2, 0.25) is 5.91 Å². The Morgan fingerprint density at radius 2 is 1.68 bits per heavy atom. The molecule has 0 fully saturated rings. The fourth-order valence-electron chi connectivity index (χ4n) is 4.33. The van der Waals surface area contributed by atoms with E-state index >= 15 is 0 Å². The van der Waals surface area contributed by atoms with Crippen LogP contribution in [0.2, 0.25) is 0 Å². The van der Waals surface area contributed by atoms with Crippen molar-refractivity contribution >= 4 is 24.7 Å². The quantitative estimate of drug-likeness (QED) is 0.169. The minimum Gasteiger partial charge on any atom is -0.426 e. The summed E-state index contributed by atoms with van der Waals surface area (Å²) in [6, 6.07) is 14.1. The summed E-state index contributed by atoms with van der Waals surface area (Å²) in [7, 11) is -1.75. The third-order valence-electron chi connectivity index (χ3n) is 6.63. The van der Waals surface area contributed by atoms with E-state index in [1.54, 1.807) is 47.4 Å². The Bertz CT molecular complexity index is 1230. The molecule has 0 saturated heterocycles. The van der Waals surface area contributed by atoms with Crippen LogP contribution in [-0.4, -0.2) is 62.0 Å². The van der Waals surface area contributed by atoms with Crippen LogP contribution in [-0.2, 0) is 11.2 Å². The van der Waals surface area contributed by atoms with E-state index in [2.05, 4.69) is 27.6 Å². The van der Waals surface area contributed by atoms with Gasteiger partial charge in [0.05, 0.1) is 17.5 Å². The van der Waals surface area contributed by atoms with Crippen molar-refractivity contribution < 1.29 is 24.4 Å². The average molecular weight is 547 g/mol. The molecule has 0 radical (unpaired) electrons. The van der Waals surface area contributed by atoms with E-state index < -0.39 is 30.8 Å². The molecule has 0 saturated carbocycles. The lowest BCUT2D eigenvalue weighted by molar-refractivity contribution is -0.125. The zero-order valence-corrected chi connectivity index (χ0v) is 23.3. The van der Waals surface area contributed by atoms with Crippen LogP contribution in [0.1, 0.15) is 72.7 Å². The smallest absolute Gasteiger partial charge is 0.426 e. The number of ketones is 1. The third-order valence-corrected chi connectivity index (χ3v) is 6.63. The van der Waals surface area contributed by atoms with Gasteiger partial charge in [-0.3, -0.25) is 14.4 Å². The van der Waals surface area contributed by atoms with E-state index in [0.717, 1.165) is 30.5 Å². The molecule has 2 atom stereocenters. The zero-order valence-electron chi connectivity index (χ0n) is 23.3. The average Bonchev–Trinajstić information content (AvgIpc) is 3.48. The number of hydrogen-bond donors (Lipinski definition) is 4. The number of rotatable bonds is 15. The highest BCUT2D eigenvalue weighted by molar-refractivity contribution is 6.43. The molecule has 3 aromatic rings. The molecule has 3 rings (SSSR count). The highest BCUT2D eigenvalue weighted by Crippen LogP contribution is 2.15. The molecule has 0 aliphatic carbocycles. The van der Waals surface area contributed by atoms with E-state index in [9.17, 15) is 24.4 Å². The fraction of sp³-hybridized carbons (Fsp3) is 0.414. The van der Waals surface area contributed by atoms with E-state index in [1.165, 1.54) is 6.33 Å². The summed E-state index contributed by atoms with van der Waals surface area (Å²) >= 11 is 0. The van der Waals surface area contributed by atoms with Gasteiger partial charge in [-0.25, -0.2) is 9.67 Å². The molecule has 0 aliphatic rings. The highest BCUT2D eigenvalue weighted by atomic mass is 16.4. The van der Waals surface area contributed by atoms with Gasteiger partial charge in [-0.05, 0) is 55.0 Å². The Kier molecular flexibility index (Phi) is 11.6. The Balaban J connectivity index is 1.71. The van der Waals surface area contributed by atoms with Gasteiger partial charge in [-0.1, -0.05) is 51.5 Å². The first-order valence-corrected chi connectivity index (χ1v) is 13.7. The van der Waals surface area contributed by atoms with Crippen LogP contribution in [0.5, 0.6) is 0 Å². The predicted octanol–water partition coefficient (Wildman–Crippen LogP) is 2.77. The monoisotopic (exact) mass is 547 g/mol. The zero-order chi connectivity index (χ0) is 29.1. The number of nitrogens with zero attached hydrogens (tertiary/aromatic N) is 3. The fourth-order valence-corrected chi connectivity index (χ4v) is 4.33. The molecule has 1 heterocycles. The molecule has 2 amide bonds. The van der Waals surface area contributed by atoms with Gasteiger partial charge in [-0.15, -0.1) is 0 Å². The van der Waals surface area contributed by atoms with Crippen LogP contribution >= 0.6 is 0 Å². The maximum atomic E-state index is 13.3. The molecule has 1 aromatic heterocycles. The number of carbonyl (C=O) groups is 3. The normalized spacial score (nSPS) is 12.6. The van der Waals surface area contributed by atoms with E-state index in [0.29, 0.717) is 17.5 Å². The molecule has 10 nitrogen and oxygen atoms in total. The first-order valence-electron chi connectivity index (χ1n) is 13.7. The second-order valence-corrected chi connectivity index (χ2v) is 10.4. The summed E-state index contributed by atoms with van der Waals surface area (Å²) in [6.45, 7) is 5.82. The molecule has 40 heavy (non-hydrogen) atoms. The number of unbranched alkanes of at least 4 members (excludes halogenated alkanes) is 1. The van der Waals surface area contributed by atoms with Gasteiger partial charge in [-0.2, -0.15) is 5.10 Å². The largest absolute Gasteiger partial charge is 0.475 e. The molecular weight excluding hydrogens is 509 g/mol. The van der Waals surface area contributed by atoms with Gasteiger partial charge in [0.1, 0.15) is 12.7 Å². The van der Waals surface area contributed by atoms with Crippen molar-refractivity contribution in [2.24, 2.45) is 11.8 Å². The first-order chi connectivity index (χ1) is 19.2. The van der Waals surface area contributed by atoms with Crippen LogP contribution < -0.4 is 10.6 Å². The van der Waals surface area contributed by atoms with E-state index in [4.69, 9.17) is 0 Å². The lowest BCUT2D eigenvalue weighted by Gasteiger charge is -2.23. The number of nitrogens with one attached hydrogen (secondary N) is 2. The van der Waals surface area contributed by atoms with Gasteiger partial charge in [0, 0.05) is 24.1 Å². The summed E-state index contributed by atoms with van der Waals surface area (Å²) in [6.07, 6.45) is 6.22. The minimum absolute atomic E-state index is 0.0959. The van der Waals surface area contributed by atoms with Crippen molar-refractivity contribution in [1.29, 1.82) is 0 Å². The summed E-state index contributed by atoms with van der Waals surface area (Å²) < 4.78 is 1.56. The number of Topliss-reactive ketones (excluding diaryl/α,β-unsaturated/α-hetero) is 1. The molecule has 0 aliphatic heterocycles. The van der Waals surface area contributed by atoms with Gasteiger partial charge >= 0.3 is 7.12 Å². The Morgan fingerprint density at radius 3 is 2.25 bits per heavy atom. The van der Waals surface area contributed by atoms with E-state index in [-0.39, 0.29) is 24.7 Å². The van der Waals surface area contributed by atoms with Crippen molar-refractivity contribution in [2.75, 3.05) is 6.54 Å². The summed E-state index contributed by atoms with van der Waals surface area (Å²) in [5.74, 6) is -2.90. The molecule has 4 N–H and O–H groups in total. The number of aryl methyl sites for hydroxylation is 1. The molecule has 212 valence electrons. The number of benzene rings is 2. The molecule has 0 unspecified atom stereocenters. The molecule has 11 heteroatoms. The topological polar surface area (TPSA) is 146 Å². The Labute approximate surface area is 235 Å². The maximum absolute atomic E-state index is 13.3. The van der Waals surface area contributed by atoms with E-state index in [1.807, 2.05) is 26.0 Å². The van der Waals surface area contributed by atoms with Crippen molar-refractivity contribution in [2.45, 2.75) is 58.8 Å². The number of carbonyl (C=O) groups excluding carboxylic acids is 3. The number of hydrogen-bond acceptors (Lipinski definition) is 7. The molecule has 0 bridgehead atoms. The number of aromatic nitrogens is 3. The number of amides is 2. The Morgan fingerprint density at radius 1 is 1.00 bits per heavy atom. The lowest BCUT2D eigenvalue weighted by Crippen LogP contribution is -2.50. The first kappa shape index (κ1) is 30.7. The second kappa shape index (κ2) is 15.1. The molecule has 0 spiro atoms. The van der Waals surface area contributed by atoms with Crippen molar-refractivity contribution in [3.63, 3.8) is 0 Å². The summed E-state index contributed by atoms with van der Waals surface area (Å²) in [5.41, 5.74) is 2.73. The second-order valence-electron chi connectivity index (χ2n) is 10.4. The van der Waals surface area contributed by atoms with Gasteiger partial charge in [0.25, 0.3) is 5.91 Å². The van der Waals surface area contributed by atoms with Crippen LogP contribution in [0.15, 0.2) is 61.2 Å². The maximum Gasteiger partial charge on any atom is 0.475 e. The molecule has 2 aromatic carbocycles. The predicted molar refractivity (Wildman–Crippen MR) is 153 cm³/mol. The highest BCUT2D eigenvalue weighted by Gasteiger charge is 2.30. The molecular formula is C29H38BN5O5. The lowest BCUT2D eigenvalue weighted by atomic mass is 9.74. The standard InChI is InChI=1S/C29H38BN5O5/c1-4-5-6-21-7-9-22(10-8-21)26(36)16-24(29(38)34-27(30(39)40)15-20(2)3)17-32-28(37)23-11-13-25(14-12-23)35-19-31-18-33-35/h7-14,18-20,24,27,39-40H,4-6,15-17H2,1-3H3,(H,32,37)(H,34,38)/t24-,27-/m0/s1. The van der Waals surface area contributed by atoms with Gasteiger partial charge < -0.3 is 20.7 Å². The third kappa shape index (κ3) is 9.13. The summed E-state index contributed by atoms with van der Waals surface area (Å²) in [4.78, 5) is 43.2. The van der Waals surface area contributed by atoms with Crippen LogP contribution in [0.25, 0.3) is 5.69 Å². The summed E-state index contributed by atoms with van der Waals surface area (Å²) in [5, 5.41) is 29.1.